The fourth-order valence-electron chi connectivity index (χ4n) is 2.41. The second kappa shape index (κ2) is 8.76. The molecule has 0 radical (unpaired) electrons. The van der Waals surface area contributed by atoms with E-state index in [1.54, 1.807) is 30.3 Å². The van der Waals surface area contributed by atoms with Crippen LogP contribution in [0.25, 0.3) is 0 Å². The van der Waals surface area contributed by atoms with Gasteiger partial charge in [-0.15, -0.1) is 0 Å². The van der Waals surface area contributed by atoms with Gasteiger partial charge in [0.15, 0.2) is 0 Å². The maximum atomic E-state index is 13.0. The van der Waals surface area contributed by atoms with Crippen LogP contribution in [0.2, 0.25) is 10.0 Å². The Morgan fingerprint density at radius 1 is 0.962 bits per heavy atom. The third-order valence-corrected chi connectivity index (χ3v) is 4.98. The van der Waals surface area contributed by atoms with E-state index >= 15 is 0 Å². The van der Waals surface area contributed by atoms with Crippen LogP contribution in [0.3, 0.4) is 0 Å². The molecule has 3 aromatic carbocycles. The first-order valence-corrected chi connectivity index (χ1v) is 9.41. The van der Waals surface area contributed by atoms with E-state index in [0.717, 1.165) is 27.0 Å². The van der Waals surface area contributed by atoms with Gasteiger partial charge in [0.25, 0.3) is 0 Å². The summed E-state index contributed by atoms with van der Waals surface area (Å²) in [5.41, 5.74) is 2.52. The molecule has 134 valence electrons. The lowest BCUT2D eigenvalue weighted by Crippen LogP contribution is -2.04. The molecule has 3 aromatic rings. The van der Waals surface area contributed by atoms with Gasteiger partial charge in [-0.25, -0.2) is 4.39 Å². The monoisotopic (exact) mass is 453 g/mol. The summed E-state index contributed by atoms with van der Waals surface area (Å²) in [5, 5.41) is 4.40. The summed E-state index contributed by atoms with van der Waals surface area (Å²) in [5.74, 6) is 0.456. The van der Waals surface area contributed by atoms with Gasteiger partial charge in [-0.2, -0.15) is 0 Å². The summed E-state index contributed by atoms with van der Waals surface area (Å²) < 4.78 is 19.9. The average molecular weight is 455 g/mol. The summed E-state index contributed by atoms with van der Waals surface area (Å²) in [7, 11) is 0. The Kier molecular flexibility index (Phi) is 6.41. The number of benzene rings is 3. The number of ether oxygens (including phenoxy) is 1. The van der Waals surface area contributed by atoms with Gasteiger partial charge < -0.3 is 10.1 Å². The van der Waals surface area contributed by atoms with Gasteiger partial charge in [-0.05, 0) is 54.6 Å². The highest BCUT2D eigenvalue weighted by molar-refractivity contribution is 9.10. The zero-order valence-corrected chi connectivity index (χ0v) is 16.7. The SMILES string of the molecule is Fc1ccc(NCc2cc(Br)ccc2OCc2c(Cl)cccc2Cl)cc1. The van der Waals surface area contributed by atoms with E-state index in [4.69, 9.17) is 27.9 Å². The second-order valence-electron chi connectivity index (χ2n) is 5.60. The number of hydrogen-bond donors (Lipinski definition) is 1. The van der Waals surface area contributed by atoms with Crippen LogP contribution in [-0.2, 0) is 13.2 Å². The van der Waals surface area contributed by atoms with E-state index in [1.807, 2.05) is 18.2 Å². The molecule has 0 fully saturated rings. The number of rotatable bonds is 6. The molecule has 0 amide bonds. The van der Waals surface area contributed by atoms with Crippen molar-refractivity contribution in [2.24, 2.45) is 0 Å². The Labute approximate surface area is 170 Å². The zero-order valence-electron chi connectivity index (χ0n) is 13.6. The first-order valence-electron chi connectivity index (χ1n) is 7.86. The molecule has 3 rings (SSSR count). The Morgan fingerprint density at radius 3 is 2.35 bits per heavy atom. The molecule has 0 aliphatic rings. The van der Waals surface area contributed by atoms with Gasteiger partial charge in [-0.3, -0.25) is 0 Å². The van der Waals surface area contributed by atoms with Gasteiger partial charge >= 0.3 is 0 Å². The average Bonchev–Trinajstić information content (AvgIpc) is 2.62. The maximum absolute atomic E-state index is 13.0. The minimum Gasteiger partial charge on any atom is -0.488 e. The predicted molar refractivity (Wildman–Crippen MR) is 109 cm³/mol. The van der Waals surface area contributed by atoms with Crippen molar-refractivity contribution in [1.82, 2.24) is 0 Å². The maximum Gasteiger partial charge on any atom is 0.124 e. The van der Waals surface area contributed by atoms with Gasteiger partial charge in [0.1, 0.15) is 18.2 Å². The molecule has 0 aliphatic heterocycles. The van der Waals surface area contributed by atoms with Crippen molar-refractivity contribution in [3.63, 3.8) is 0 Å². The van der Waals surface area contributed by atoms with E-state index in [0.29, 0.717) is 16.6 Å². The van der Waals surface area contributed by atoms with E-state index in [2.05, 4.69) is 21.2 Å². The topological polar surface area (TPSA) is 21.3 Å². The van der Waals surface area contributed by atoms with Crippen molar-refractivity contribution in [2.75, 3.05) is 5.32 Å². The zero-order chi connectivity index (χ0) is 18.5. The van der Waals surface area contributed by atoms with Gasteiger partial charge in [0.2, 0.25) is 0 Å². The lowest BCUT2D eigenvalue weighted by Gasteiger charge is -2.15. The predicted octanol–water partition coefficient (Wildman–Crippen LogP) is 7.09. The van der Waals surface area contributed by atoms with Crippen LogP contribution in [0.5, 0.6) is 5.75 Å². The van der Waals surface area contributed by atoms with E-state index in [1.165, 1.54) is 12.1 Å². The van der Waals surface area contributed by atoms with Crippen molar-refractivity contribution in [1.29, 1.82) is 0 Å². The van der Waals surface area contributed by atoms with Gasteiger partial charge in [-0.1, -0.05) is 45.2 Å². The van der Waals surface area contributed by atoms with Crippen molar-refractivity contribution in [2.45, 2.75) is 13.2 Å². The molecule has 0 aromatic heterocycles. The largest absolute Gasteiger partial charge is 0.488 e. The first-order chi connectivity index (χ1) is 12.5. The minimum atomic E-state index is -0.265. The van der Waals surface area contributed by atoms with Crippen LogP contribution in [0.1, 0.15) is 11.1 Å². The summed E-state index contributed by atoms with van der Waals surface area (Å²) in [6.07, 6.45) is 0. The van der Waals surface area contributed by atoms with Crippen LogP contribution < -0.4 is 10.1 Å². The van der Waals surface area contributed by atoms with E-state index in [9.17, 15) is 4.39 Å². The molecule has 0 spiro atoms. The Balaban J connectivity index is 1.74. The van der Waals surface area contributed by atoms with Crippen molar-refractivity contribution >= 4 is 44.8 Å². The van der Waals surface area contributed by atoms with Gasteiger partial charge in [0, 0.05) is 37.9 Å². The van der Waals surface area contributed by atoms with Gasteiger partial charge in [0.05, 0.1) is 0 Å². The van der Waals surface area contributed by atoms with Crippen LogP contribution in [-0.4, -0.2) is 0 Å². The van der Waals surface area contributed by atoms with E-state index in [-0.39, 0.29) is 12.4 Å². The Hall–Kier alpha value is -1.75. The highest BCUT2D eigenvalue weighted by atomic mass is 79.9. The quantitative estimate of drug-likeness (QED) is 0.429. The summed E-state index contributed by atoms with van der Waals surface area (Å²) >= 11 is 15.9. The number of anilines is 1. The Morgan fingerprint density at radius 2 is 1.65 bits per heavy atom. The fourth-order valence-corrected chi connectivity index (χ4v) is 3.33. The number of hydrogen-bond acceptors (Lipinski definition) is 2. The normalized spacial score (nSPS) is 10.6. The lowest BCUT2D eigenvalue weighted by atomic mass is 10.2. The molecule has 0 bridgehead atoms. The fraction of sp³-hybridized carbons (Fsp3) is 0.100. The molecular formula is C20H15BrCl2FNO. The molecule has 2 nitrogen and oxygen atoms in total. The molecule has 26 heavy (non-hydrogen) atoms. The molecular weight excluding hydrogens is 440 g/mol. The van der Waals surface area contributed by atoms with Crippen molar-refractivity contribution in [3.05, 3.63) is 92.1 Å². The van der Waals surface area contributed by atoms with Crippen LogP contribution in [0.15, 0.2) is 65.1 Å². The second-order valence-corrected chi connectivity index (χ2v) is 7.33. The number of nitrogens with one attached hydrogen (secondary N) is 1. The van der Waals surface area contributed by atoms with Crippen LogP contribution >= 0.6 is 39.1 Å². The molecule has 0 atom stereocenters. The molecule has 0 saturated carbocycles. The third-order valence-electron chi connectivity index (χ3n) is 3.78. The molecule has 6 heteroatoms. The lowest BCUT2D eigenvalue weighted by molar-refractivity contribution is 0.303. The third kappa shape index (κ3) is 4.91. The highest BCUT2D eigenvalue weighted by Gasteiger charge is 2.09. The van der Waals surface area contributed by atoms with Crippen LogP contribution in [0.4, 0.5) is 10.1 Å². The smallest absolute Gasteiger partial charge is 0.124 e. The molecule has 0 unspecified atom stereocenters. The van der Waals surface area contributed by atoms with Crippen molar-refractivity contribution < 1.29 is 9.13 Å². The van der Waals surface area contributed by atoms with Crippen LogP contribution in [0, 0.1) is 5.82 Å². The highest BCUT2D eigenvalue weighted by Crippen LogP contribution is 2.29. The summed E-state index contributed by atoms with van der Waals surface area (Å²) in [6, 6.07) is 17.3. The molecule has 1 N–H and O–H groups in total. The first kappa shape index (κ1) is 19.0. The van der Waals surface area contributed by atoms with Crippen molar-refractivity contribution in [3.8, 4) is 5.75 Å². The standard InChI is InChI=1S/C20H15BrCl2FNO/c21-14-4-9-20(26-12-17-18(22)2-1-3-19(17)23)13(10-14)11-25-16-7-5-15(24)6-8-16/h1-10,25H,11-12H2. The Bertz CT molecular complexity index is 883. The molecule has 0 aliphatic carbocycles. The summed E-state index contributed by atoms with van der Waals surface area (Å²) in [6.45, 7) is 0.792. The minimum absolute atomic E-state index is 0.265. The molecule has 0 saturated heterocycles. The molecule has 0 heterocycles. The number of halogens is 4. The summed E-state index contributed by atoms with van der Waals surface area (Å²) in [4.78, 5) is 0. The van der Waals surface area contributed by atoms with E-state index < -0.39 is 0 Å².